The highest BCUT2D eigenvalue weighted by Crippen LogP contribution is 2.28. The van der Waals surface area contributed by atoms with Crippen LogP contribution in [-0.2, 0) is 14.4 Å². The number of hydroxylamine groups is 1. The normalized spacial score (nSPS) is 10.8. The summed E-state index contributed by atoms with van der Waals surface area (Å²) in [7, 11) is 2.80. The molecule has 29 heavy (non-hydrogen) atoms. The standard InChI is InChI=1S/C23H27NO5/c1-5-28-20-11-7-17(8-12-20)22(15-19(24-27-4)16-23(25)26-3)18-9-13-21(14-10-18)29-6-2/h7-16,24H,5-6H2,1-4H3. The Morgan fingerprint density at radius 3 is 1.69 bits per heavy atom. The van der Waals surface area contributed by atoms with Crippen LogP contribution < -0.4 is 15.0 Å². The smallest absolute Gasteiger partial charge is 0.332 e. The van der Waals surface area contributed by atoms with Crippen molar-refractivity contribution in [1.29, 1.82) is 0 Å². The van der Waals surface area contributed by atoms with E-state index < -0.39 is 5.97 Å². The zero-order chi connectivity index (χ0) is 21.1. The number of methoxy groups -OCH3 is 1. The van der Waals surface area contributed by atoms with E-state index in [0.29, 0.717) is 18.9 Å². The van der Waals surface area contributed by atoms with Gasteiger partial charge in [0.15, 0.2) is 0 Å². The maximum absolute atomic E-state index is 11.7. The molecule has 0 atom stereocenters. The molecule has 0 radical (unpaired) electrons. The molecule has 0 amide bonds. The van der Waals surface area contributed by atoms with Crippen molar-refractivity contribution in [3.63, 3.8) is 0 Å². The summed E-state index contributed by atoms with van der Waals surface area (Å²) < 4.78 is 15.8. The minimum absolute atomic E-state index is 0.456. The zero-order valence-electron chi connectivity index (χ0n) is 17.2. The minimum Gasteiger partial charge on any atom is -0.494 e. The molecular formula is C23H27NO5. The van der Waals surface area contributed by atoms with Gasteiger partial charge in [-0.1, -0.05) is 24.3 Å². The Bertz CT molecular complexity index is 787. The van der Waals surface area contributed by atoms with Crippen molar-refractivity contribution in [1.82, 2.24) is 5.48 Å². The first kappa shape index (κ1) is 22.0. The molecule has 0 unspecified atom stereocenters. The topological polar surface area (TPSA) is 66.0 Å². The van der Waals surface area contributed by atoms with Crippen LogP contribution in [0.2, 0.25) is 0 Å². The first-order valence-electron chi connectivity index (χ1n) is 9.38. The number of carbonyl (C=O) groups is 1. The predicted octanol–water partition coefficient (Wildman–Crippen LogP) is 4.12. The van der Waals surface area contributed by atoms with Crippen molar-refractivity contribution in [3.05, 3.63) is 77.5 Å². The third kappa shape index (κ3) is 6.69. The third-order valence-corrected chi connectivity index (χ3v) is 3.95. The molecule has 6 heteroatoms. The number of benzene rings is 2. The second kappa shape index (κ2) is 11.6. The SMILES string of the molecule is CCOc1ccc(C(=CC(=CC(=O)OC)NOC)c2ccc(OCC)cc2)cc1. The lowest BCUT2D eigenvalue weighted by molar-refractivity contribution is -0.134. The molecule has 154 valence electrons. The number of nitrogens with one attached hydrogen (secondary N) is 1. The maximum atomic E-state index is 11.7. The summed E-state index contributed by atoms with van der Waals surface area (Å²) in [6.07, 6.45) is 3.15. The van der Waals surface area contributed by atoms with Gasteiger partial charge in [0.1, 0.15) is 11.5 Å². The van der Waals surface area contributed by atoms with Gasteiger partial charge in [-0.15, -0.1) is 0 Å². The molecule has 0 spiro atoms. The average Bonchev–Trinajstić information content (AvgIpc) is 2.74. The molecule has 2 rings (SSSR count). The summed E-state index contributed by atoms with van der Waals surface area (Å²) in [5.74, 6) is 1.10. The highest BCUT2D eigenvalue weighted by atomic mass is 16.6. The van der Waals surface area contributed by atoms with Gasteiger partial charge in [-0.05, 0) is 60.9 Å². The summed E-state index contributed by atoms with van der Waals surface area (Å²) in [6.45, 7) is 5.09. The maximum Gasteiger partial charge on any atom is 0.332 e. The van der Waals surface area contributed by atoms with Gasteiger partial charge in [-0.25, -0.2) is 4.79 Å². The fourth-order valence-electron chi connectivity index (χ4n) is 2.69. The summed E-state index contributed by atoms with van der Waals surface area (Å²) in [4.78, 5) is 16.7. The van der Waals surface area contributed by atoms with Crippen LogP contribution in [0.1, 0.15) is 25.0 Å². The lowest BCUT2D eigenvalue weighted by Crippen LogP contribution is -2.12. The predicted molar refractivity (Wildman–Crippen MR) is 113 cm³/mol. The largest absolute Gasteiger partial charge is 0.494 e. The second-order valence-corrected chi connectivity index (χ2v) is 5.90. The lowest BCUT2D eigenvalue weighted by Gasteiger charge is -2.13. The molecule has 0 saturated carbocycles. The Kier molecular flexibility index (Phi) is 8.79. The number of allylic oxidation sites excluding steroid dienone is 1. The number of carbonyl (C=O) groups excluding carboxylic acids is 1. The Balaban J connectivity index is 2.51. The van der Waals surface area contributed by atoms with E-state index in [9.17, 15) is 4.79 Å². The van der Waals surface area contributed by atoms with Crippen LogP contribution >= 0.6 is 0 Å². The highest BCUT2D eigenvalue weighted by molar-refractivity contribution is 5.86. The lowest BCUT2D eigenvalue weighted by atomic mass is 9.96. The fourth-order valence-corrected chi connectivity index (χ4v) is 2.69. The van der Waals surface area contributed by atoms with Crippen LogP contribution in [0.25, 0.3) is 5.57 Å². The van der Waals surface area contributed by atoms with E-state index in [4.69, 9.17) is 19.0 Å². The highest BCUT2D eigenvalue weighted by Gasteiger charge is 2.09. The van der Waals surface area contributed by atoms with Gasteiger partial charge >= 0.3 is 5.97 Å². The molecule has 2 aromatic rings. The minimum atomic E-state index is -0.487. The molecule has 0 bridgehead atoms. The van der Waals surface area contributed by atoms with Crippen LogP contribution in [0.4, 0.5) is 0 Å². The van der Waals surface area contributed by atoms with E-state index in [0.717, 1.165) is 28.2 Å². The van der Waals surface area contributed by atoms with Crippen molar-refractivity contribution in [3.8, 4) is 11.5 Å². The molecule has 0 aliphatic heterocycles. The first-order chi connectivity index (χ1) is 14.1. The van der Waals surface area contributed by atoms with Gasteiger partial charge in [0.25, 0.3) is 0 Å². The quantitative estimate of drug-likeness (QED) is 0.282. The van der Waals surface area contributed by atoms with E-state index in [1.807, 2.05) is 68.5 Å². The summed E-state index contributed by atoms with van der Waals surface area (Å²) in [5.41, 5.74) is 5.96. The monoisotopic (exact) mass is 397 g/mol. The third-order valence-electron chi connectivity index (χ3n) is 3.95. The zero-order valence-corrected chi connectivity index (χ0v) is 17.2. The van der Waals surface area contributed by atoms with Crippen molar-refractivity contribution in [2.45, 2.75) is 13.8 Å². The van der Waals surface area contributed by atoms with Crippen LogP contribution in [0.3, 0.4) is 0 Å². The Labute approximate surface area is 171 Å². The summed E-state index contributed by atoms with van der Waals surface area (Å²) in [6, 6.07) is 15.5. The van der Waals surface area contributed by atoms with Gasteiger partial charge in [0.05, 0.1) is 33.1 Å². The summed E-state index contributed by atoms with van der Waals surface area (Å²) >= 11 is 0. The molecular weight excluding hydrogens is 370 g/mol. The number of rotatable bonds is 10. The van der Waals surface area contributed by atoms with Gasteiger partial charge in [0.2, 0.25) is 0 Å². The second-order valence-electron chi connectivity index (χ2n) is 5.90. The van der Waals surface area contributed by atoms with Crippen LogP contribution in [0.5, 0.6) is 11.5 Å². The van der Waals surface area contributed by atoms with Crippen molar-refractivity contribution in [2.75, 3.05) is 27.4 Å². The number of ether oxygens (including phenoxy) is 3. The molecule has 0 fully saturated rings. The fraction of sp³-hybridized carbons (Fsp3) is 0.261. The number of hydrogen-bond acceptors (Lipinski definition) is 6. The molecule has 0 aliphatic rings. The van der Waals surface area contributed by atoms with Gasteiger partial charge in [-0.2, -0.15) is 0 Å². The van der Waals surface area contributed by atoms with Crippen molar-refractivity contribution >= 4 is 11.5 Å². The molecule has 0 saturated heterocycles. The van der Waals surface area contributed by atoms with Crippen LogP contribution in [0.15, 0.2) is 66.4 Å². The Morgan fingerprint density at radius 2 is 1.31 bits per heavy atom. The molecule has 6 nitrogen and oxygen atoms in total. The van der Waals surface area contributed by atoms with Gasteiger partial charge in [0, 0.05) is 6.08 Å². The van der Waals surface area contributed by atoms with E-state index in [2.05, 4.69) is 5.48 Å². The van der Waals surface area contributed by atoms with Crippen molar-refractivity contribution in [2.24, 2.45) is 0 Å². The van der Waals surface area contributed by atoms with Gasteiger partial charge < -0.3 is 14.2 Å². The van der Waals surface area contributed by atoms with Crippen molar-refractivity contribution < 1.29 is 23.8 Å². The van der Waals surface area contributed by atoms with E-state index in [1.165, 1.54) is 20.3 Å². The van der Waals surface area contributed by atoms with Gasteiger partial charge in [-0.3, -0.25) is 10.3 Å². The van der Waals surface area contributed by atoms with E-state index in [-0.39, 0.29) is 0 Å². The molecule has 2 aromatic carbocycles. The Morgan fingerprint density at radius 1 is 0.828 bits per heavy atom. The number of esters is 1. The van der Waals surface area contributed by atoms with E-state index in [1.54, 1.807) is 0 Å². The van der Waals surface area contributed by atoms with Crippen LogP contribution in [0, 0.1) is 0 Å². The van der Waals surface area contributed by atoms with E-state index >= 15 is 0 Å². The molecule has 1 N–H and O–H groups in total. The number of hydrogen-bond donors (Lipinski definition) is 1. The molecule has 0 aromatic heterocycles. The Hall–Kier alpha value is -3.25. The van der Waals surface area contributed by atoms with Crippen LogP contribution in [-0.4, -0.2) is 33.4 Å². The molecule has 0 heterocycles. The first-order valence-corrected chi connectivity index (χ1v) is 9.38. The molecule has 0 aliphatic carbocycles. The average molecular weight is 397 g/mol. The summed E-state index contributed by atoms with van der Waals surface area (Å²) in [5, 5.41) is 0.